The molecular weight excluding hydrogens is 344 g/mol. The molecule has 7 nitrogen and oxygen atoms in total. The van der Waals surface area contributed by atoms with Crippen molar-refractivity contribution in [1.29, 1.82) is 0 Å². The number of anilines is 1. The minimum Gasteiger partial charge on any atom is -0.486 e. The van der Waals surface area contributed by atoms with Gasteiger partial charge in [-0.2, -0.15) is 4.72 Å². The van der Waals surface area contributed by atoms with Crippen LogP contribution < -0.4 is 19.5 Å². The number of carbonyl (C=O) groups excluding carboxylic acids is 1. The average Bonchev–Trinajstić information content (AvgIpc) is 2.62. The molecule has 0 bridgehead atoms. The van der Waals surface area contributed by atoms with Crippen molar-refractivity contribution in [3.05, 3.63) is 48.5 Å². The van der Waals surface area contributed by atoms with Gasteiger partial charge in [0.05, 0.1) is 10.9 Å². The molecule has 2 N–H and O–H groups in total. The van der Waals surface area contributed by atoms with Crippen LogP contribution in [0, 0.1) is 0 Å². The van der Waals surface area contributed by atoms with E-state index < -0.39 is 22.0 Å². The third kappa shape index (κ3) is 4.09. The highest BCUT2D eigenvalue weighted by Gasteiger charge is 2.22. The first kappa shape index (κ1) is 17.2. The van der Waals surface area contributed by atoms with Crippen LogP contribution >= 0.6 is 0 Å². The van der Waals surface area contributed by atoms with E-state index >= 15 is 0 Å². The fourth-order valence-electron chi connectivity index (χ4n) is 2.33. The Balaban J connectivity index is 1.67. The molecule has 0 aliphatic carbocycles. The number of fused-ring (bicyclic) bond motifs is 1. The molecule has 3 rings (SSSR count). The summed E-state index contributed by atoms with van der Waals surface area (Å²) in [6.07, 6.45) is 0. The summed E-state index contributed by atoms with van der Waals surface area (Å²) >= 11 is 0. The summed E-state index contributed by atoms with van der Waals surface area (Å²) in [6, 6.07) is 12.0. The highest BCUT2D eigenvalue weighted by Crippen LogP contribution is 2.32. The summed E-state index contributed by atoms with van der Waals surface area (Å²) in [7, 11) is -3.77. The summed E-state index contributed by atoms with van der Waals surface area (Å²) in [5.74, 6) is 0.680. The van der Waals surface area contributed by atoms with Gasteiger partial charge >= 0.3 is 0 Å². The summed E-state index contributed by atoms with van der Waals surface area (Å²) in [4.78, 5) is 12.4. The van der Waals surface area contributed by atoms with Gasteiger partial charge in [-0.25, -0.2) is 8.42 Å². The van der Waals surface area contributed by atoms with E-state index in [1.807, 2.05) is 0 Å². The second-order valence-electron chi connectivity index (χ2n) is 5.50. The summed E-state index contributed by atoms with van der Waals surface area (Å²) in [5.41, 5.74) is 0.500. The number of benzene rings is 2. The molecular formula is C17H18N2O5S. The van der Waals surface area contributed by atoms with E-state index in [1.165, 1.54) is 19.1 Å². The molecule has 2 aromatic rings. The normalized spacial score (nSPS) is 14.6. The molecule has 1 aliphatic heterocycles. The highest BCUT2D eigenvalue weighted by molar-refractivity contribution is 7.89. The molecule has 1 atom stereocenters. The molecule has 0 fully saturated rings. The molecule has 0 saturated heterocycles. The van der Waals surface area contributed by atoms with Gasteiger partial charge in [0.15, 0.2) is 11.5 Å². The first-order valence-corrected chi connectivity index (χ1v) is 9.22. The van der Waals surface area contributed by atoms with Crippen molar-refractivity contribution in [2.24, 2.45) is 0 Å². The molecule has 0 radical (unpaired) electrons. The molecule has 0 saturated carbocycles. The van der Waals surface area contributed by atoms with Gasteiger partial charge in [0.25, 0.3) is 0 Å². The second kappa shape index (κ2) is 7.12. The van der Waals surface area contributed by atoms with Gasteiger partial charge in [-0.05, 0) is 31.2 Å². The Hall–Kier alpha value is -2.58. The van der Waals surface area contributed by atoms with Gasteiger partial charge < -0.3 is 14.8 Å². The first-order valence-electron chi connectivity index (χ1n) is 7.73. The van der Waals surface area contributed by atoms with Gasteiger partial charge in [-0.1, -0.05) is 18.2 Å². The lowest BCUT2D eigenvalue weighted by Gasteiger charge is -2.19. The molecule has 8 heteroatoms. The molecule has 0 spiro atoms. The number of sulfonamides is 1. The van der Waals surface area contributed by atoms with Crippen LogP contribution in [0.4, 0.5) is 5.69 Å². The van der Waals surface area contributed by atoms with Crippen molar-refractivity contribution >= 4 is 21.6 Å². The van der Waals surface area contributed by atoms with E-state index in [-0.39, 0.29) is 4.90 Å². The number of carbonyl (C=O) groups is 1. The van der Waals surface area contributed by atoms with Crippen molar-refractivity contribution in [3.8, 4) is 11.5 Å². The predicted molar refractivity (Wildman–Crippen MR) is 92.3 cm³/mol. The number of rotatable bonds is 5. The van der Waals surface area contributed by atoms with E-state index in [4.69, 9.17) is 9.47 Å². The maximum Gasteiger partial charge on any atom is 0.242 e. The van der Waals surface area contributed by atoms with Gasteiger partial charge in [-0.15, -0.1) is 0 Å². The quantitative estimate of drug-likeness (QED) is 0.845. The Bertz CT molecular complexity index is 868. The SMILES string of the molecule is C[C@H](NS(=O)(=O)c1ccccc1)C(=O)Nc1ccc2c(c1)OCCO2. The third-order valence-electron chi connectivity index (χ3n) is 3.59. The van der Waals surface area contributed by atoms with E-state index in [1.54, 1.807) is 36.4 Å². The van der Waals surface area contributed by atoms with Crippen LogP contribution in [0.15, 0.2) is 53.4 Å². The van der Waals surface area contributed by atoms with Crippen LogP contribution in [0.25, 0.3) is 0 Å². The van der Waals surface area contributed by atoms with Crippen LogP contribution in [0.1, 0.15) is 6.92 Å². The summed E-state index contributed by atoms with van der Waals surface area (Å²) in [5, 5.41) is 2.66. The lowest BCUT2D eigenvalue weighted by molar-refractivity contribution is -0.117. The summed E-state index contributed by atoms with van der Waals surface area (Å²) in [6.45, 7) is 2.41. The largest absolute Gasteiger partial charge is 0.486 e. The van der Waals surface area contributed by atoms with Gasteiger partial charge in [0, 0.05) is 11.8 Å². The average molecular weight is 362 g/mol. The lowest BCUT2D eigenvalue weighted by atomic mass is 10.2. The Labute approximate surface area is 146 Å². The Morgan fingerprint density at radius 1 is 1.04 bits per heavy atom. The fourth-order valence-corrected chi connectivity index (χ4v) is 3.55. The number of hydrogen-bond acceptors (Lipinski definition) is 5. The monoisotopic (exact) mass is 362 g/mol. The maximum absolute atomic E-state index is 12.3. The van der Waals surface area contributed by atoms with E-state index in [9.17, 15) is 13.2 Å². The zero-order chi connectivity index (χ0) is 17.9. The van der Waals surface area contributed by atoms with Gasteiger partial charge in [0.1, 0.15) is 13.2 Å². The van der Waals surface area contributed by atoms with Crippen molar-refractivity contribution < 1.29 is 22.7 Å². The zero-order valence-electron chi connectivity index (χ0n) is 13.6. The standard InChI is InChI=1S/C17H18N2O5S/c1-12(19-25(21,22)14-5-3-2-4-6-14)17(20)18-13-7-8-15-16(11-13)24-10-9-23-15/h2-8,11-12,19H,9-10H2,1H3,(H,18,20)/t12-/m0/s1. The number of hydrogen-bond donors (Lipinski definition) is 2. The van der Waals surface area contributed by atoms with Gasteiger partial charge in [-0.3, -0.25) is 4.79 Å². The van der Waals surface area contributed by atoms with Crippen molar-refractivity contribution in [3.63, 3.8) is 0 Å². The number of amides is 1. The molecule has 0 unspecified atom stereocenters. The van der Waals surface area contributed by atoms with Crippen molar-refractivity contribution in [2.75, 3.05) is 18.5 Å². The molecule has 0 aromatic heterocycles. The molecule has 2 aromatic carbocycles. The van der Waals surface area contributed by atoms with Crippen molar-refractivity contribution in [1.82, 2.24) is 4.72 Å². The zero-order valence-corrected chi connectivity index (χ0v) is 14.4. The molecule has 25 heavy (non-hydrogen) atoms. The Morgan fingerprint density at radius 2 is 1.72 bits per heavy atom. The van der Waals surface area contributed by atoms with Crippen LogP contribution in [-0.2, 0) is 14.8 Å². The van der Waals surface area contributed by atoms with Crippen molar-refractivity contribution in [2.45, 2.75) is 17.9 Å². The van der Waals surface area contributed by atoms with Gasteiger partial charge in [0.2, 0.25) is 15.9 Å². The van der Waals surface area contributed by atoms with E-state index in [2.05, 4.69) is 10.0 Å². The molecule has 1 aliphatic rings. The second-order valence-corrected chi connectivity index (χ2v) is 7.22. The topological polar surface area (TPSA) is 93.7 Å². The fraction of sp³-hybridized carbons (Fsp3) is 0.235. The minimum absolute atomic E-state index is 0.106. The summed E-state index contributed by atoms with van der Waals surface area (Å²) < 4.78 is 37.8. The Morgan fingerprint density at radius 3 is 2.44 bits per heavy atom. The third-order valence-corrected chi connectivity index (χ3v) is 5.15. The Kier molecular flexibility index (Phi) is 4.91. The van der Waals surface area contributed by atoms with Crippen LogP contribution in [0.5, 0.6) is 11.5 Å². The van der Waals surface area contributed by atoms with Crippen LogP contribution in [0.3, 0.4) is 0 Å². The minimum atomic E-state index is -3.77. The highest BCUT2D eigenvalue weighted by atomic mass is 32.2. The van der Waals surface area contributed by atoms with E-state index in [0.717, 1.165) is 0 Å². The smallest absolute Gasteiger partial charge is 0.242 e. The molecule has 132 valence electrons. The maximum atomic E-state index is 12.3. The first-order chi connectivity index (χ1) is 12.0. The van der Waals surface area contributed by atoms with Crippen LogP contribution in [0.2, 0.25) is 0 Å². The van der Waals surface area contributed by atoms with Crippen LogP contribution in [-0.4, -0.2) is 33.6 Å². The molecule has 1 heterocycles. The predicted octanol–water partition coefficient (Wildman–Crippen LogP) is 1.76. The lowest BCUT2D eigenvalue weighted by Crippen LogP contribution is -2.41. The number of nitrogens with one attached hydrogen (secondary N) is 2. The molecule has 1 amide bonds. The van der Waals surface area contributed by atoms with E-state index in [0.29, 0.717) is 30.4 Å². The number of ether oxygens (including phenoxy) is 2.